The number of carbonyl (C=O) groups excluding carboxylic acids is 2. The molecule has 0 bridgehead atoms. The van der Waals surface area contributed by atoms with Gasteiger partial charge in [0.2, 0.25) is 0 Å². The van der Waals surface area contributed by atoms with Crippen molar-refractivity contribution in [3.05, 3.63) is 52.2 Å². The number of nitrogens with two attached hydrogens (primary N) is 1. The van der Waals surface area contributed by atoms with Crippen LogP contribution in [0.2, 0.25) is 0 Å². The Morgan fingerprint density at radius 3 is 2.65 bits per heavy atom. The van der Waals surface area contributed by atoms with Crippen molar-refractivity contribution in [2.45, 2.75) is 32.2 Å². The summed E-state index contributed by atoms with van der Waals surface area (Å²) in [5.41, 5.74) is 6.46. The Bertz CT molecular complexity index is 847. The number of hydrogen-bond acceptors (Lipinski definition) is 4. The monoisotopic (exact) mass is 375 g/mol. The standard InChI is InChI=1S/C19H22FN3O2S/c1-11-8-15(22-17(24)12-4-3-5-14(20)9-12)26-16(11)18(25)23-19(2,10-21)13-6-7-13/h3-5,8-9,13H,6-7,10,21H2,1-2H3,(H,22,24)(H,23,25). The van der Waals surface area contributed by atoms with Crippen molar-refractivity contribution in [1.29, 1.82) is 0 Å². The Morgan fingerprint density at radius 1 is 1.31 bits per heavy atom. The van der Waals surface area contributed by atoms with Gasteiger partial charge in [-0.1, -0.05) is 6.07 Å². The summed E-state index contributed by atoms with van der Waals surface area (Å²) < 4.78 is 13.3. The fourth-order valence-electron chi connectivity index (χ4n) is 2.94. The van der Waals surface area contributed by atoms with Crippen molar-refractivity contribution < 1.29 is 14.0 Å². The molecular formula is C19H22FN3O2S. The predicted octanol–water partition coefficient (Wildman–Crippen LogP) is 3.31. The lowest BCUT2D eigenvalue weighted by molar-refractivity contribution is 0.0901. The number of anilines is 1. The van der Waals surface area contributed by atoms with Crippen molar-refractivity contribution in [1.82, 2.24) is 5.32 Å². The van der Waals surface area contributed by atoms with Crippen LogP contribution in [-0.2, 0) is 0 Å². The van der Waals surface area contributed by atoms with Crippen LogP contribution in [0.4, 0.5) is 9.39 Å². The minimum absolute atomic E-state index is 0.182. The maximum atomic E-state index is 13.3. The van der Waals surface area contributed by atoms with Crippen LogP contribution in [0.15, 0.2) is 30.3 Å². The molecule has 1 fully saturated rings. The molecule has 26 heavy (non-hydrogen) atoms. The second-order valence-electron chi connectivity index (χ2n) is 6.94. The predicted molar refractivity (Wildman–Crippen MR) is 101 cm³/mol. The Morgan fingerprint density at radius 2 is 2.04 bits per heavy atom. The van der Waals surface area contributed by atoms with Crippen molar-refractivity contribution in [3.63, 3.8) is 0 Å². The Labute approximate surface area is 155 Å². The normalized spacial score (nSPS) is 16.0. The van der Waals surface area contributed by atoms with Crippen molar-refractivity contribution in [2.24, 2.45) is 11.7 Å². The molecule has 1 aromatic carbocycles. The third kappa shape index (κ3) is 3.94. The van der Waals surface area contributed by atoms with Gasteiger partial charge < -0.3 is 16.4 Å². The van der Waals surface area contributed by atoms with E-state index in [1.807, 2.05) is 13.8 Å². The summed E-state index contributed by atoms with van der Waals surface area (Å²) in [5.74, 6) is -0.647. The lowest BCUT2D eigenvalue weighted by Crippen LogP contribution is -2.53. The summed E-state index contributed by atoms with van der Waals surface area (Å²) in [5, 5.41) is 6.32. The minimum atomic E-state index is -0.471. The first kappa shape index (κ1) is 18.5. The topological polar surface area (TPSA) is 84.2 Å². The van der Waals surface area contributed by atoms with E-state index in [4.69, 9.17) is 5.73 Å². The van der Waals surface area contributed by atoms with Gasteiger partial charge in [-0.3, -0.25) is 9.59 Å². The van der Waals surface area contributed by atoms with Crippen LogP contribution in [0.5, 0.6) is 0 Å². The van der Waals surface area contributed by atoms with Crippen LogP contribution >= 0.6 is 11.3 Å². The lowest BCUT2D eigenvalue weighted by atomic mass is 9.96. The van der Waals surface area contributed by atoms with Crippen LogP contribution in [0, 0.1) is 18.7 Å². The van der Waals surface area contributed by atoms with Gasteiger partial charge in [-0.15, -0.1) is 11.3 Å². The molecule has 1 aliphatic carbocycles. The zero-order chi connectivity index (χ0) is 18.9. The van der Waals surface area contributed by atoms with Crippen molar-refractivity contribution >= 4 is 28.2 Å². The summed E-state index contributed by atoms with van der Waals surface area (Å²) in [4.78, 5) is 25.5. The highest BCUT2D eigenvalue weighted by atomic mass is 32.1. The fourth-order valence-corrected chi connectivity index (χ4v) is 3.90. The highest BCUT2D eigenvalue weighted by Crippen LogP contribution is 2.39. The number of amides is 2. The van der Waals surface area contributed by atoms with Gasteiger partial charge >= 0.3 is 0 Å². The first-order chi connectivity index (χ1) is 12.3. The molecule has 2 amide bonds. The molecule has 0 aliphatic heterocycles. The molecular weight excluding hydrogens is 353 g/mol. The molecule has 1 aliphatic rings. The Hall–Kier alpha value is -2.25. The van der Waals surface area contributed by atoms with Gasteiger partial charge in [-0.05, 0) is 62.4 Å². The van der Waals surface area contributed by atoms with E-state index in [0.29, 0.717) is 22.3 Å². The second-order valence-corrected chi connectivity index (χ2v) is 7.99. The average molecular weight is 375 g/mol. The van der Waals surface area contributed by atoms with Gasteiger partial charge in [0.15, 0.2) is 0 Å². The maximum absolute atomic E-state index is 13.3. The smallest absolute Gasteiger partial charge is 0.262 e. The Balaban J connectivity index is 1.72. The van der Waals surface area contributed by atoms with Gasteiger partial charge in [0.05, 0.1) is 15.4 Å². The van der Waals surface area contributed by atoms with Crippen LogP contribution < -0.4 is 16.4 Å². The zero-order valence-corrected chi connectivity index (χ0v) is 15.6. The minimum Gasteiger partial charge on any atom is -0.345 e. The van der Waals surface area contributed by atoms with E-state index in [2.05, 4.69) is 10.6 Å². The molecule has 7 heteroatoms. The fraction of sp³-hybridized carbons (Fsp3) is 0.368. The molecule has 1 saturated carbocycles. The number of nitrogens with one attached hydrogen (secondary N) is 2. The van der Waals surface area contributed by atoms with Gasteiger partial charge in [0, 0.05) is 12.1 Å². The summed E-state index contributed by atoms with van der Waals surface area (Å²) in [7, 11) is 0. The number of halogens is 1. The van der Waals surface area contributed by atoms with Crippen LogP contribution in [0.1, 0.15) is 45.4 Å². The van der Waals surface area contributed by atoms with Gasteiger partial charge in [0.25, 0.3) is 11.8 Å². The molecule has 1 aromatic heterocycles. The molecule has 2 aromatic rings. The van der Waals surface area contributed by atoms with E-state index in [9.17, 15) is 14.0 Å². The molecule has 1 heterocycles. The van der Waals surface area contributed by atoms with Crippen molar-refractivity contribution in [3.8, 4) is 0 Å². The molecule has 5 nitrogen and oxygen atoms in total. The van der Waals surface area contributed by atoms with Crippen LogP contribution in [-0.4, -0.2) is 23.9 Å². The van der Waals surface area contributed by atoms with E-state index in [1.54, 1.807) is 6.07 Å². The summed E-state index contributed by atoms with van der Waals surface area (Å²) in [6, 6.07) is 7.21. The molecule has 138 valence electrons. The first-order valence-corrected chi connectivity index (χ1v) is 9.34. The SMILES string of the molecule is Cc1cc(NC(=O)c2cccc(F)c2)sc1C(=O)NC(C)(CN)C1CC1. The zero-order valence-electron chi connectivity index (χ0n) is 14.8. The summed E-state index contributed by atoms with van der Waals surface area (Å²) in [6.07, 6.45) is 2.15. The molecule has 1 atom stereocenters. The Kier molecular flexibility index (Phi) is 5.11. The largest absolute Gasteiger partial charge is 0.345 e. The number of aryl methyl sites for hydroxylation is 1. The number of thiophene rings is 1. The number of rotatable bonds is 6. The highest BCUT2D eigenvalue weighted by Gasteiger charge is 2.42. The molecule has 0 radical (unpaired) electrons. The van der Waals surface area contributed by atoms with E-state index in [0.717, 1.165) is 18.4 Å². The average Bonchev–Trinajstić information content (AvgIpc) is 3.39. The van der Waals surface area contributed by atoms with E-state index < -0.39 is 17.3 Å². The molecule has 3 rings (SSSR count). The molecule has 1 unspecified atom stereocenters. The van der Waals surface area contributed by atoms with E-state index in [-0.39, 0.29) is 11.5 Å². The van der Waals surface area contributed by atoms with E-state index in [1.165, 1.54) is 35.6 Å². The van der Waals surface area contributed by atoms with Gasteiger partial charge in [-0.2, -0.15) is 0 Å². The lowest BCUT2D eigenvalue weighted by Gasteiger charge is -2.29. The maximum Gasteiger partial charge on any atom is 0.262 e. The van der Waals surface area contributed by atoms with Gasteiger partial charge in [0.1, 0.15) is 5.82 Å². The number of benzene rings is 1. The van der Waals surface area contributed by atoms with Gasteiger partial charge in [-0.25, -0.2) is 4.39 Å². The van der Waals surface area contributed by atoms with Crippen molar-refractivity contribution in [2.75, 3.05) is 11.9 Å². The molecule has 0 saturated heterocycles. The second kappa shape index (κ2) is 7.17. The summed E-state index contributed by atoms with van der Waals surface area (Å²) >= 11 is 1.20. The molecule has 4 N–H and O–H groups in total. The van der Waals surface area contributed by atoms with Crippen LogP contribution in [0.3, 0.4) is 0 Å². The quantitative estimate of drug-likeness (QED) is 0.724. The third-order valence-electron chi connectivity index (χ3n) is 4.75. The highest BCUT2D eigenvalue weighted by molar-refractivity contribution is 7.18. The van der Waals surface area contributed by atoms with Crippen LogP contribution in [0.25, 0.3) is 0 Å². The summed E-state index contributed by atoms with van der Waals surface area (Å²) in [6.45, 7) is 4.18. The molecule has 0 spiro atoms. The van der Waals surface area contributed by atoms with E-state index >= 15 is 0 Å². The first-order valence-electron chi connectivity index (χ1n) is 8.52. The number of hydrogen-bond donors (Lipinski definition) is 3. The third-order valence-corrected chi connectivity index (χ3v) is 5.90. The number of carbonyl (C=O) groups is 2.